The highest BCUT2D eigenvalue weighted by Crippen LogP contribution is 2.42. The summed E-state index contributed by atoms with van der Waals surface area (Å²) >= 11 is 0. The van der Waals surface area contributed by atoms with Crippen molar-refractivity contribution in [1.82, 2.24) is 30.0 Å². The number of hydrogen-bond donors (Lipinski definition) is 2. The molecule has 2 fully saturated rings. The number of ketones is 1. The first kappa shape index (κ1) is 20.9. The van der Waals surface area contributed by atoms with Crippen LogP contribution in [0.3, 0.4) is 0 Å². The van der Waals surface area contributed by atoms with Gasteiger partial charge in [0, 0.05) is 35.9 Å². The zero-order valence-corrected chi connectivity index (χ0v) is 18.4. The van der Waals surface area contributed by atoms with Crippen LogP contribution in [0.15, 0.2) is 53.7 Å². The van der Waals surface area contributed by atoms with E-state index < -0.39 is 16.9 Å². The lowest BCUT2D eigenvalue weighted by Crippen LogP contribution is -2.38. The number of carbonyl (C=O) groups excluding carboxylic acids is 1. The largest absolute Gasteiger partial charge is 0.348 e. The van der Waals surface area contributed by atoms with E-state index in [0.717, 1.165) is 35.9 Å². The van der Waals surface area contributed by atoms with Crippen molar-refractivity contribution in [2.75, 3.05) is 13.1 Å². The van der Waals surface area contributed by atoms with Crippen molar-refractivity contribution in [3.05, 3.63) is 71.0 Å². The standard InChI is InChI=1S/C25H23FN6O2/c26-19-10-17(16-3-5-20-18(9-16)12-28-14-29-20)4-6-21(19)32-22(30-31-24(32)34)11-25(7-8-27-13-25)23(33)15-1-2-15/h3-6,9-10,12,14-15,27H,1-2,7-8,11,13H2,(H,31,34)/t25-/m0/s1. The Kier molecular flexibility index (Phi) is 4.88. The van der Waals surface area contributed by atoms with Crippen molar-refractivity contribution >= 4 is 16.7 Å². The Labute approximate surface area is 194 Å². The molecular weight excluding hydrogens is 435 g/mol. The van der Waals surface area contributed by atoms with Gasteiger partial charge in [-0.1, -0.05) is 12.1 Å². The number of benzene rings is 2. The summed E-state index contributed by atoms with van der Waals surface area (Å²) in [6.07, 6.45) is 6.03. The van der Waals surface area contributed by atoms with Crippen molar-refractivity contribution in [2.24, 2.45) is 11.3 Å². The lowest BCUT2D eigenvalue weighted by Gasteiger charge is -2.26. The van der Waals surface area contributed by atoms with E-state index in [9.17, 15) is 9.59 Å². The maximum atomic E-state index is 15.4. The maximum absolute atomic E-state index is 15.4. The van der Waals surface area contributed by atoms with Gasteiger partial charge in [0.15, 0.2) is 0 Å². The molecule has 0 bridgehead atoms. The molecule has 2 aliphatic rings. The molecule has 1 saturated carbocycles. The number of H-pyrrole nitrogens is 1. The molecule has 0 unspecified atom stereocenters. The lowest BCUT2D eigenvalue weighted by molar-refractivity contribution is -0.129. The first-order valence-electron chi connectivity index (χ1n) is 11.5. The molecule has 2 N–H and O–H groups in total. The topological polar surface area (TPSA) is 106 Å². The number of Topliss-reactive ketones (excluding diaryl/α,β-unsaturated/α-hetero) is 1. The Morgan fingerprint density at radius 2 is 2.00 bits per heavy atom. The summed E-state index contributed by atoms with van der Waals surface area (Å²) in [5.41, 5.74) is 1.28. The molecule has 172 valence electrons. The first-order valence-corrected chi connectivity index (χ1v) is 11.5. The molecule has 0 amide bonds. The fraction of sp³-hybridized carbons (Fsp3) is 0.320. The van der Waals surface area contributed by atoms with E-state index in [4.69, 9.17) is 0 Å². The van der Waals surface area contributed by atoms with Gasteiger partial charge in [-0.15, -0.1) is 0 Å². The van der Waals surface area contributed by atoms with Crippen molar-refractivity contribution < 1.29 is 9.18 Å². The molecule has 9 heteroatoms. The Bertz CT molecular complexity index is 1470. The number of nitrogens with one attached hydrogen (secondary N) is 2. The van der Waals surface area contributed by atoms with Crippen LogP contribution in [0.25, 0.3) is 27.7 Å². The van der Waals surface area contributed by atoms with Crippen LogP contribution in [-0.2, 0) is 11.2 Å². The van der Waals surface area contributed by atoms with Crippen LogP contribution in [-0.4, -0.2) is 43.6 Å². The SMILES string of the molecule is O=C(C1CC1)[C@]1(Cc2n[nH]c(=O)n2-c2ccc(-c3ccc4ncncc4c3)cc2F)CCNC1. The van der Waals surface area contributed by atoms with Crippen LogP contribution >= 0.6 is 0 Å². The number of fused-ring (bicyclic) bond motifs is 1. The Hall–Kier alpha value is -3.72. The van der Waals surface area contributed by atoms with Crippen molar-refractivity contribution in [3.8, 4) is 16.8 Å². The Morgan fingerprint density at radius 3 is 2.76 bits per heavy atom. The summed E-state index contributed by atoms with van der Waals surface area (Å²) in [6, 6.07) is 10.4. The predicted octanol–water partition coefficient (Wildman–Crippen LogP) is 2.81. The van der Waals surface area contributed by atoms with Crippen LogP contribution in [0.4, 0.5) is 4.39 Å². The average molecular weight is 458 g/mol. The third kappa shape index (κ3) is 3.52. The number of aromatic nitrogens is 5. The molecule has 8 nitrogen and oxygen atoms in total. The van der Waals surface area contributed by atoms with Gasteiger partial charge in [0.1, 0.15) is 23.8 Å². The highest BCUT2D eigenvalue weighted by Gasteiger charge is 2.48. The van der Waals surface area contributed by atoms with E-state index in [0.29, 0.717) is 30.8 Å². The Morgan fingerprint density at radius 1 is 1.18 bits per heavy atom. The molecule has 1 saturated heterocycles. The molecule has 2 aromatic carbocycles. The average Bonchev–Trinajstić information content (AvgIpc) is 3.50. The minimum absolute atomic E-state index is 0.0994. The molecule has 0 spiro atoms. The number of nitrogens with zero attached hydrogens (tertiary/aromatic N) is 4. The summed E-state index contributed by atoms with van der Waals surface area (Å²) in [4.78, 5) is 34.0. The second-order valence-corrected chi connectivity index (χ2v) is 9.27. The van der Waals surface area contributed by atoms with E-state index in [1.165, 1.54) is 17.0 Å². The third-order valence-corrected chi connectivity index (χ3v) is 6.98. The van der Waals surface area contributed by atoms with Crippen molar-refractivity contribution in [2.45, 2.75) is 25.7 Å². The maximum Gasteiger partial charge on any atom is 0.348 e. The fourth-order valence-electron chi connectivity index (χ4n) is 5.00. The second-order valence-electron chi connectivity index (χ2n) is 9.27. The van der Waals surface area contributed by atoms with Gasteiger partial charge in [-0.05, 0) is 61.2 Å². The van der Waals surface area contributed by atoms with Crippen LogP contribution in [0.2, 0.25) is 0 Å². The van der Waals surface area contributed by atoms with E-state index in [2.05, 4.69) is 25.5 Å². The number of halogens is 1. The zero-order chi connectivity index (χ0) is 23.3. The second kappa shape index (κ2) is 7.95. The molecule has 4 aromatic rings. The van der Waals surface area contributed by atoms with Gasteiger partial charge < -0.3 is 5.32 Å². The number of aromatic amines is 1. The number of rotatable bonds is 6. The van der Waals surface area contributed by atoms with Gasteiger partial charge in [0.2, 0.25) is 0 Å². The zero-order valence-electron chi connectivity index (χ0n) is 18.4. The van der Waals surface area contributed by atoms with E-state index >= 15 is 4.39 Å². The molecule has 1 aliphatic heterocycles. The van der Waals surface area contributed by atoms with Crippen molar-refractivity contribution in [1.29, 1.82) is 0 Å². The van der Waals surface area contributed by atoms with Crippen LogP contribution < -0.4 is 11.0 Å². The minimum atomic E-state index is -0.603. The van der Waals surface area contributed by atoms with Gasteiger partial charge in [0.25, 0.3) is 0 Å². The van der Waals surface area contributed by atoms with Crippen LogP contribution in [0.5, 0.6) is 0 Å². The summed E-state index contributed by atoms with van der Waals surface area (Å²) in [6.45, 7) is 1.30. The highest BCUT2D eigenvalue weighted by molar-refractivity contribution is 5.89. The molecule has 2 aromatic heterocycles. The quantitative estimate of drug-likeness (QED) is 0.460. The van der Waals surface area contributed by atoms with E-state index in [-0.39, 0.29) is 17.4 Å². The summed E-state index contributed by atoms with van der Waals surface area (Å²) in [7, 11) is 0. The van der Waals surface area contributed by atoms with Gasteiger partial charge in [0.05, 0.1) is 11.2 Å². The van der Waals surface area contributed by atoms with Gasteiger partial charge in [-0.2, -0.15) is 5.10 Å². The third-order valence-electron chi connectivity index (χ3n) is 6.98. The molecule has 3 heterocycles. The first-order chi connectivity index (χ1) is 16.5. The minimum Gasteiger partial charge on any atom is -0.316 e. The highest BCUT2D eigenvalue weighted by atomic mass is 19.1. The van der Waals surface area contributed by atoms with E-state index in [1.807, 2.05) is 18.2 Å². The smallest absolute Gasteiger partial charge is 0.316 e. The molecule has 34 heavy (non-hydrogen) atoms. The van der Waals surface area contributed by atoms with Crippen LogP contribution in [0.1, 0.15) is 25.1 Å². The predicted molar refractivity (Wildman–Crippen MR) is 124 cm³/mol. The number of hydrogen-bond acceptors (Lipinski definition) is 6. The molecule has 0 radical (unpaired) electrons. The summed E-state index contributed by atoms with van der Waals surface area (Å²) in [5.74, 6) is 0.161. The normalized spacial score (nSPS) is 20.1. The van der Waals surface area contributed by atoms with Crippen molar-refractivity contribution in [3.63, 3.8) is 0 Å². The summed E-state index contributed by atoms with van der Waals surface area (Å²) < 4.78 is 16.6. The van der Waals surface area contributed by atoms with E-state index in [1.54, 1.807) is 18.3 Å². The molecular formula is C25H23FN6O2. The molecule has 6 rings (SSSR count). The lowest BCUT2D eigenvalue weighted by atomic mass is 9.77. The monoisotopic (exact) mass is 458 g/mol. The molecule has 1 aliphatic carbocycles. The van der Waals surface area contributed by atoms with Gasteiger partial charge in [-0.3, -0.25) is 4.79 Å². The Balaban J connectivity index is 1.36. The summed E-state index contributed by atoms with van der Waals surface area (Å²) in [5, 5.41) is 10.8. The fourth-order valence-corrected chi connectivity index (χ4v) is 5.00. The van der Waals surface area contributed by atoms with Gasteiger partial charge in [-0.25, -0.2) is 28.8 Å². The van der Waals surface area contributed by atoms with Crippen LogP contribution in [0, 0.1) is 17.2 Å². The molecule has 1 atom stereocenters. The number of carbonyl (C=O) groups is 1. The van der Waals surface area contributed by atoms with Gasteiger partial charge >= 0.3 is 5.69 Å².